The smallest absolute Gasteiger partial charge is 0.233 e. The van der Waals surface area contributed by atoms with Gasteiger partial charge in [-0.15, -0.1) is 0 Å². The van der Waals surface area contributed by atoms with Crippen molar-refractivity contribution in [1.82, 2.24) is 0 Å². The number of ether oxygens (including phenoxy) is 2. The highest BCUT2D eigenvalue weighted by molar-refractivity contribution is 6.22. The van der Waals surface area contributed by atoms with Crippen LogP contribution in [0.4, 0.5) is 0 Å². The van der Waals surface area contributed by atoms with Crippen LogP contribution in [0.25, 0.3) is 12.2 Å². The van der Waals surface area contributed by atoms with Crippen LogP contribution in [-0.4, -0.2) is 39.1 Å². The number of benzene rings is 2. The molecule has 1 amide bonds. The Morgan fingerprint density at radius 3 is 1.68 bits per heavy atom. The van der Waals surface area contributed by atoms with Crippen molar-refractivity contribution in [2.24, 2.45) is 9.98 Å². The van der Waals surface area contributed by atoms with Crippen LogP contribution in [-0.2, 0) is 4.79 Å². The molecular formula is C32H30N2O3. The monoisotopic (exact) mass is 490 g/mol. The van der Waals surface area contributed by atoms with Gasteiger partial charge in [-0.1, -0.05) is 72.9 Å². The van der Waals surface area contributed by atoms with Gasteiger partial charge < -0.3 is 9.47 Å². The molecular weight excluding hydrogens is 460 g/mol. The van der Waals surface area contributed by atoms with E-state index in [0.717, 1.165) is 56.0 Å². The minimum Gasteiger partial charge on any atom is -0.496 e. The highest BCUT2D eigenvalue weighted by Crippen LogP contribution is 2.32. The number of allylic oxidation sites excluding steroid dienone is 10. The minimum atomic E-state index is 0.574. The maximum absolute atomic E-state index is 11.3. The van der Waals surface area contributed by atoms with Crippen LogP contribution in [0.2, 0.25) is 0 Å². The maximum Gasteiger partial charge on any atom is 0.233 e. The quantitative estimate of drug-likeness (QED) is 0.340. The average molecular weight is 491 g/mol. The van der Waals surface area contributed by atoms with E-state index in [9.17, 15) is 4.79 Å². The molecule has 0 fully saturated rings. The summed E-state index contributed by atoms with van der Waals surface area (Å²) in [6.45, 7) is 4.13. The Balaban J connectivity index is 1.64. The summed E-state index contributed by atoms with van der Waals surface area (Å²) in [5.41, 5.74) is 9.43. The molecule has 0 atom stereocenters. The zero-order valence-corrected chi connectivity index (χ0v) is 21.8. The fourth-order valence-electron chi connectivity index (χ4n) is 4.42. The van der Waals surface area contributed by atoms with E-state index in [1.165, 1.54) is 0 Å². The summed E-state index contributed by atoms with van der Waals surface area (Å²) in [6, 6.07) is 11.8. The molecule has 0 saturated carbocycles. The van der Waals surface area contributed by atoms with Gasteiger partial charge in [-0.05, 0) is 48.3 Å². The van der Waals surface area contributed by atoms with Gasteiger partial charge in [-0.3, -0.25) is 9.79 Å². The van der Waals surface area contributed by atoms with Gasteiger partial charge in [0.05, 0.1) is 31.2 Å². The van der Waals surface area contributed by atoms with Crippen LogP contribution in [0, 0.1) is 0 Å². The molecule has 0 spiro atoms. The number of hydrogen-bond acceptors (Lipinski definition) is 4. The summed E-state index contributed by atoms with van der Waals surface area (Å²) >= 11 is 0. The molecule has 2 aromatic rings. The van der Waals surface area contributed by atoms with Gasteiger partial charge in [-0.2, -0.15) is 0 Å². The number of carbonyl (C=O) groups excluding carboxylic acids is 1. The summed E-state index contributed by atoms with van der Waals surface area (Å²) in [4.78, 5) is 20.0. The van der Waals surface area contributed by atoms with E-state index in [-0.39, 0.29) is 0 Å². The molecule has 0 unspecified atom stereocenters. The molecule has 0 N–H and O–H groups in total. The van der Waals surface area contributed by atoms with Crippen molar-refractivity contribution < 1.29 is 14.3 Å². The summed E-state index contributed by atoms with van der Waals surface area (Å²) in [5, 5.41) is 0. The number of hydrogen-bond donors (Lipinski definition) is 0. The number of rotatable bonds is 6. The number of amides is 1. The predicted octanol–water partition coefficient (Wildman–Crippen LogP) is 6.57. The molecule has 2 aliphatic carbocycles. The van der Waals surface area contributed by atoms with Gasteiger partial charge >= 0.3 is 0 Å². The van der Waals surface area contributed by atoms with Gasteiger partial charge in [0.15, 0.2) is 0 Å². The lowest BCUT2D eigenvalue weighted by atomic mass is 9.90. The molecule has 5 heteroatoms. The van der Waals surface area contributed by atoms with Crippen LogP contribution in [0.1, 0.15) is 36.1 Å². The van der Waals surface area contributed by atoms with Crippen LogP contribution in [0.5, 0.6) is 11.5 Å². The molecule has 0 aliphatic heterocycles. The normalized spacial score (nSPS) is 19.4. The highest BCUT2D eigenvalue weighted by Gasteiger charge is 2.21. The molecule has 37 heavy (non-hydrogen) atoms. The second-order valence-electron chi connectivity index (χ2n) is 8.61. The Labute approximate surface area is 218 Å². The summed E-state index contributed by atoms with van der Waals surface area (Å²) < 4.78 is 11.1. The molecule has 186 valence electrons. The first-order valence-corrected chi connectivity index (χ1v) is 12.0. The van der Waals surface area contributed by atoms with Crippen LogP contribution < -0.4 is 9.47 Å². The first kappa shape index (κ1) is 25.6. The molecule has 0 aromatic heterocycles. The Morgan fingerprint density at radius 1 is 0.730 bits per heavy atom. The van der Waals surface area contributed by atoms with E-state index in [1.807, 2.05) is 54.6 Å². The number of methoxy groups -OCH3 is 2. The lowest BCUT2D eigenvalue weighted by molar-refractivity contribution is -0.106. The third-order valence-corrected chi connectivity index (χ3v) is 6.52. The van der Waals surface area contributed by atoms with E-state index < -0.39 is 0 Å². The summed E-state index contributed by atoms with van der Waals surface area (Å²) in [5.74, 6) is 1.49. The SMILES string of the molecule is C/N=C1/C(=C\C=C(C)\C(C)=C\C=C2\C=Cc3cccc(OC)c3\C2=N/C=O)C=Cc2cccc(OC)c21. The highest BCUT2D eigenvalue weighted by atomic mass is 16.5. The number of aliphatic imine (C=N–C) groups is 2. The molecule has 0 heterocycles. The van der Waals surface area contributed by atoms with Gasteiger partial charge in [-0.25, -0.2) is 4.99 Å². The molecule has 0 saturated heterocycles. The molecule has 0 radical (unpaired) electrons. The summed E-state index contributed by atoms with van der Waals surface area (Å²) in [7, 11) is 5.10. The lowest BCUT2D eigenvalue weighted by Crippen LogP contribution is -2.11. The maximum atomic E-state index is 11.3. The average Bonchev–Trinajstić information content (AvgIpc) is 2.94. The second-order valence-corrected chi connectivity index (χ2v) is 8.61. The second kappa shape index (κ2) is 11.5. The lowest BCUT2D eigenvalue weighted by Gasteiger charge is -2.18. The van der Waals surface area contributed by atoms with E-state index >= 15 is 0 Å². The van der Waals surface area contributed by atoms with Crippen molar-refractivity contribution in [3.63, 3.8) is 0 Å². The Kier molecular flexibility index (Phi) is 7.94. The zero-order chi connectivity index (χ0) is 26.4. The number of fused-ring (bicyclic) bond motifs is 2. The van der Waals surface area contributed by atoms with Crippen molar-refractivity contribution >= 4 is 30.0 Å². The van der Waals surface area contributed by atoms with E-state index in [4.69, 9.17) is 9.47 Å². The third kappa shape index (κ3) is 5.21. The van der Waals surface area contributed by atoms with Crippen molar-refractivity contribution in [3.05, 3.63) is 117 Å². The van der Waals surface area contributed by atoms with E-state index in [2.05, 4.69) is 54.2 Å². The molecule has 5 nitrogen and oxygen atoms in total. The number of carbonyl (C=O) groups is 1. The Morgan fingerprint density at radius 2 is 1.22 bits per heavy atom. The molecule has 0 bridgehead atoms. The van der Waals surface area contributed by atoms with Crippen LogP contribution >= 0.6 is 0 Å². The molecule has 4 rings (SSSR count). The van der Waals surface area contributed by atoms with Crippen LogP contribution in [0.3, 0.4) is 0 Å². The Hall–Kier alpha value is -4.51. The first-order valence-electron chi connectivity index (χ1n) is 12.0. The van der Waals surface area contributed by atoms with Crippen LogP contribution in [0.15, 0.2) is 105 Å². The Bertz CT molecular complexity index is 1480. The van der Waals surface area contributed by atoms with E-state index in [1.54, 1.807) is 21.3 Å². The largest absolute Gasteiger partial charge is 0.496 e. The standard InChI is InChI=1S/C32H30N2O3/c1-21(12-14-25-18-16-23-8-6-10-27(36-4)29(23)31(25)33-3)22(2)13-15-26-19-17-24-9-7-11-28(37-5)30(24)32(26)34-20-35/h6-20H,1-5H3/b21-12+,22-13+,25-14-,26-15-,33-31-,34-32-. The molecule has 2 aromatic carbocycles. The fourth-order valence-corrected chi connectivity index (χ4v) is 4.42. The molecule has 2 aliphatic rings. The third-order valence-electron chi connectivity index (χ3n) is 6.52. The zero-order valence-electron chi connectivity index (χ0n) is 21.8. The van der Waals surface area contributed by atoms with Crippen molar-refractivity contribution in [2.45, 2.75) is 13.8 Å². The van der Waals surface area contributed by atoms with Crippen molar-refractivity contribution in [3.8, 4) is 11.5 Å². The topological polar surface area (TPSA) is 60.2 Å². The van der Waals surface area contributed by atoms with Gasteiger partial charge in [0, 0.05) is 23.8 Å². The van der Waals surface area contributed by atoms with Gasteiger partial charge in [0.25, 0.3) is 0 Å². The van der Waals surface area contributed by atoms with E-state index in [0.29, 0.717) is 17.9 Å². The van der Waals surface area contributed by atoms with Crippen molar-refractivity contribution in [2.75, 3.05) is 21.3 Å². The summed E-state index contributed by atoms with van der Waals surface area (Å²) in [6.07, 6.45) is 16.9. The minimum absolute atomic E-state index is 0.574. The number of nitrogens with zero attached hydrogens (tertiary/aromatic N) is 2. The van der Waals surface area contributed by atoms with Gasteiger partial charge in [0.1, 0.15) is 11.5 Å². The first-order chi connectivity index (χ1) is 18.0. The fraction of sp³-hybridized carbons (Fsp3) is 0.156. The van der Waals surface area contributed by atoms with Gasteiger partial charge in [0.2, 0.25) is 6.41 Å². The van der Waals surface area contributed by atoms with Crippen molar-refractivity contribution in [1.29, 1.82) is 0 Å². The predicted molar refractivity (Wildman–Crippen MR) is 153 cm³/mol.